The molecule has 1 aromatic carbocycles. The standard InChI is InChI=1S/C41H75N7O3/c1-10-15-27(12-3)23-31(42)38-41(20-11-2,46(9)13-4)48(26-43-38)39-37(50)36(49)34(51-39)25-47(14-5)30-21-28(22-30)16-19-35-44-32-18-17-29(40(6,7)8)24-33(32)45-35/h17-18,24,27-28,30-31,34-39,43-45,49-50H,10-16,19-23,25-26,42H2,1-9H3. The fraction of sp³-hybridized carbons (Fsp3) is 0.854. The average Bonchev–Trinajstić information content (AvgIpc) is 3.75. The summed E-state index contributed by atoms with van der Waals surface area (Å²) < 4.78 is 6.75. The first-order valence-corrected chi connectivity index (χ1v) is 20.7. The van der Waals surface area contributed by atoms with Crippen LogP contribution in [0.1, 0.15) is 125 Å². The van der Waals surface area contributed by atoms with Crippen molar-refractivity contribution in [3.63, 3.8) is 0 Å². The van der Waals surface area contributed by atoms with Crippen molar-refractivity contribution in [2.45, 2.75) is 180 Å². The lowest BCUT2D eigenvalue weighted by Gasteiger charge is -2.51. The highest BCUT2D eigenvalue weighted by Gasteiger charge is 2.59. The molecule has 292 valence electrons. The Morgan fingerprint density at radius 2 is 1.73 bits per heavy atom. The Hall–Kier alpha value is -1.50. The number of anilines is 2. The molecule has 0 bridgehead atoms. The van der Waals surface area contributed by atoms with Crippen LogP contribution in [0.25, 0.3) is 0 Å². The van der Waals surface area contributed by atoms with Crippen molar-refractivity contribution in [3.8, 4) is 0 Å². The van der Waals surface area contributed by atoms with Crippen LogP contribution in [0.5, 0.6) is 0 Å². The number of hydrogen-bond acceptors (Lipinski definition) is 10. The maximum atomic E-state index is 11.6. The summed E-state index contributed by atoms with van der Waals surface area (Å²) in [5.41, 5.74) is 10.6. The number of hydrogen-bond donors (Lipinski definition) is 6. The van der Waals surface area contributed by atoms with Crippen molar-refractivity contribution in [2.24, 2.45) is 17.6 Å². The molecule has 10 heteroatoms. The topological polar surface area (TPSA) is 122 Å². The second-order valence-corrected chi connectivity index (χ2v) is 17.5. The van der Waals surface area contributed by atoms with Crippen LogP contribution < -0.4 is 21.7 Å². The summed E-state index contributed by atoms with van der Waals surface area (Å²) in [5.74, 6) is 1.31. The SMILES string of the molecule is CCCC(CC)CC(N)C1NCN(C2OC(CN(CC)C3CC(CCC4Nc5ccc(C(C)(C)C)cc5N4)C3)C(O)C2O)C1(CCC)N(C)CC. The molecule has 9 atom stereocenters. The molecule has 3 fully saturated rings. The normalized spacial score (nSPS) is 33.7. The number of aliphatic hydroxyl groups is 2. The van der Waals surface area contributed by atoms with E-state index in [1.54, 1.807) is 0 Å². The summed E-state index contributed by atoms with van der Waals surface area (Å²) in [6.45, 7) is 20.9. The van der Waals surface area contributed by atoms with Gasteiger partial charge in [0.1, 0.15) is 24.5 Å². The van der Waals surface area contributed by atoms with Gasteiger partial charge in [0.2, 0.25) is 0 Å². The van der Waals surface area contributed by atoms with Gasteiger partial charge >= 0.3 is 0 Å². The number of aliphatic hydroxyl groups excluding tert-OH is 2. The van der Waals surface area contributed by atoms with Gasteiger partial charge in [0.15, 0.2) is 0 Å². The summed E-state index contributed by atoms with van der Waals surface area (Å²) >= 11 is 0. The van der Waals surface area contributed by atoms with Crippen LogP contribution in [0, 0.1) is 11.8 Å². The monoisotopic (exact) mass is 714 g/mol. The number of nitrogens with zero attached hydrogens (tertiary/aromatic N) is 3. The first-order valence-electron chi connectivity index (χ1n) is 20.7. The van der Waals surface area contributed by atoms with E-state index in [2.05, 4.69) is 111 Å². The predicted molar refractivity (Wildman–Crippen MR) is 211 cm³/mol. The van der Waals surface area contributed by atoms with Crippen LogP contribution in [0.3, 0.4) is 0 Å². The summed E-state index contributed by atoms with van der Waals surface area (Å²) in [7, 11) is 2.18. The quantitative estimate of drug-likeness (QED) is 0.113. The maximum Gasteiger partial charge on any atom is 0.142 e. The summed E-state index contributed by atoms with van der Waals surface area (Å²) in [6, 6.07) is 7.26. The molecule has 51 heavy (non-hydrogen) atoms. The van der Waals surface area contributed by atoms with Gasteiger partial charge in [0.25, 0.3) is 0 Å². The molecule has 0 aromatic heterocycles. The van der Waals surface area contributed by atoms with E-state index in [4.69, 9.17) is 10.5 Å². The summed E-state index contributed by atoms with van der Waals surface area (Å²) in [5, 5.41) is 34.3. The Bertz CT molecular complexity index is 1240. The zero-order valence-corrected chi connectivity index (χ0v) is 33.6. The minimum Gasteiger partial charge on any atom is -0.387 e. The summed E-state index contributed by atoms with van der Waals surface area (Å²) in [6.07, 6.45) is 8.31. The van der Waals surface area contributed by atoms with Gasteiger partial charge in [0.05, 0.1) is 35.9 Å². The van der Waals surface area contributed by atoms with Gasteiger partial charge in [-0.15, -0.1) is 0 Å². The molecule has 9 unspecified atom stereocenters. The smallest absolute Gasteiger partial charge is 0.142 e. The number of nitrogens with two attached hydrogens (primary N) is 1. The molecule has 2 saturated heterocycles. The van der Waals surface area contributed by atoms with Gasteiger partial charge < -0.3 is 31.3 Å². The molecular weight excluding hydrogens is 638 g/mol. The van der Waals surface area contributed by atoms with Crippen molar-refractivity contribution >= 4 is 11.4 Å². The van der Waals surface area contributed by atoms with Gasteiger partial charge in [0, 0.05) is 18.6 Å². The highest BCUT2D eigenvalue weighted by Crippen LogP contribution is 2.42. The zero-order chi connectivity index (χ0) is 37.1. The molecule has 3 aliphatic heterocycles. The van der Waals surface area contributed by atoms with Crippen LogP contribution in [0.2, 0.25) is 0 Å². The second-order valence-electron chi connectivity index (χ2n) is 17.5. The van der Waals surface area contributed by atoms with Gasteiger partial charge in [-0.2, -0.15) is 0 Å². The van der Waals surface area contributed by atoms with Crippen molar-refractivity contribution in [2.75, 3.05) is 44.0 Å². The summed E-state index contributed by atoms with van der Waals surface area (Å²) in [4.78, 5) is 7.19. The van der Waals surface area contributed by atoms with Crippen molar-refractivity contribution in [3.05, 3.63) is 23.8 Å². The fourth-order valence-electron chi connectivity index (χ4n) is 9.84. The Kier molecular flexibility index (Phi) is 13.8. The Labute approximate surface area is 310 Å². The van der Waals surface area contributed by atoms with Gasteiger partial charge in [-0.25, -0.2) is 4.90 Å². The number of benzene rings is 1. The van der Waals surface area contributed by atoms with E-state index < -0.39 is 30.2 Å². The van der Waals surface area contributed by atoms with Crippen molar-refractivity contribution in [1.82, 2.24) is 20.0 Å². The third kappa shape index (κ3) is 8.59. The first-order chi connectivity index (χ1) is 24.3. The molecule has 4 aliphatic rings. The van der Waals surface area contributed by atoms with Crippen LogP contribution in [0.15, 0.2) is 18.2 Å². The van der Waals surface area contributed by atoms with E-state index in [0.717, 1.165) is 45.2 Å². The fourth-order valence-corrected chi connectivity index (χ4v) is 9.84. The number of ether oxygens (including phenoxy) is 1. The lowest BCUT2D eigenvalue weighted by molar-refractivity contribution is -0.165. The van der Waals surface area contributed by atoms with Crippen LogP contribution in [-0.4, -0.2) is 113 Å². The lowest BCUT2D eigenvalue weighted by atomic mass is 9.76. The number of nitrogens with one attached hydrogen (secondary N) is 3. The maximum absolute atomic E-state index is 11.6. The van der Waals surface area contributed by atoms with Gasteiger partial charge in [-0.05, 0) is 93.6 Å². The van der Waals surface area contributed by atoms with E-state index in [-0.39, 0.29) is 23.7 Å². The predicted octanol–water partition coefficient (Wildman–Crippen LogP) is 5.70. The van der Waals surface area contributed by atoms with Crippen LogP contribution in [0.4, 0.5) is 11.4 Å². The van der Waals surface area contributed by atoms with E-state index in [1.165, 1.54) is 49.0 Å². The molecule has 5 rings (SSSR count). The number of rotatable bonds is 18. The molecule has 7 N–H and O–H groups in total. The van der Waals surface area contributed by atoms with Gasteiger partial charge in [-0.1, -0.05) is 87.1 Å². The first kappa shape index (κ1) is 40.7. The second kappa shape index (κ2) is 17.3. The van der Waals surface area contributed by atoms with E-state index in [0.29, 0.717) is 31.1 Å². The molecule has 3 heterocycles. The lowest BCUT2D eigenvalue weighted by Crippen LogP contribution is -2.69. The molecule has 10 nitrogen and oxygen atoms in total. The molecule has 1 aliphatic carbocycles. The Balaban J connectivity index is 1.17. The Morgan fingerprint density at radius 3 is 2.35 bits per heavy atom. The van der Waals surface area contributed by atoms with E-state index in [1.807, 2.05) is 0 Å². The molecule has 0 radical (unpaired) electrons. The largest absolute Gasteiger partial charge is 0.387 e. The van der Waals surface area contributed by atoms with E-state index in [9.17, 15) is 10.2 Å². The Morgan fingerprint density at radius 1 is 1.00 bits per heavy atom. The zero-order valence-electron chi connectivity index (χ0n) is 33.6. The highest BCUT2D eigenvalue weighted by atomic mass is 16.6. The molecule has 0 amide bonds. The number of fused-ring (bicyclic) bond motifs is 1. The van der Waals surface area contributed by atoms with Crippen LogP contribution in [-0.2, 0) is 10.2 Å². The third-order valence-electron chi connectivity index (χ3n) is 13.1. The minimum atomic E-state index is -0.986. The number of likely N-dealkylation sites (N-methyl/N-ethyl adjacent to an activating group) is 2. The van der Waals surface area contributed by atoms with Crippen molar-refractivity contribution in [1.29, 1.82) is 0 Å². The minimum absolute atomic E-state index is 0.0228. The third-order valence-corrected chi connectivity index (χ3v) is 13.1. The van der Waals surface area contributed by atoms with Crippen molar-refractivity contribution < 1.29 is 14.9 Å². The molecular formula is C41H75N7O3. The molecule has 1 aromatic rings. The van der Waals surface area contributed by atoms with Crippen LogP contribution >= 0.6 is 0 Å². The van der Waals surface area contributed by atoms with E-state index >= 15 is 0 Å². The molecule has 1 saturated carbocycles. The molecule has 0 spiro atoms. The average molecular weight is 714 g/mol. The highest BCUT2D eigenvalue weighted by molar-refractivity contribution is 5.75. The van der Waals surface area contributed by atoms with Gasteiger partial charge in [-0.3, -0.25) is 15.1 Å².